The predicted octanol–water partition coefficient (Wildman–Crippen LogP) is 0.868. The number of fused-ring (bicyclic) bond motifs is 2. The Labute approximate surface area is 89.6 Å². The number of methoxy groups -OCH3 is 1. The van der Waals surface area contributed by atoms with Crippen molar-refractivity contribution in [3.63, 3.8) is 0 Å². The fourth-order valence-electron chi connectivity index (χ4n) is 3.00. The van der Waals surface area contributed by atoms with Gasteiger partial charge in [0.25, 0.3) is 0 Å². The van der Waals surface area contributed by atoms with Gasteiger partial charge in [-0.3, -0.25) is 4.79 Å². The van der Waals surface area contributed by atoms with Gasteiger partial charge in [-0.2, -0.15) is 0 Å². The van der Waals surface area contributed by atoms with E-state index in [4.69, 9.17) is 9.47 Å². The maximum atomic E-state index is 11.9. The SMILES string of the molecule is COC(=O)C1(C(C)(C)O)CC2CCC1O2. The summed E-state index contributed by atoms with van der Waals surface area (Å²) in [6, 6.07) is 0. The van der Waals surface area contributed by atoms with Gasteiger partial charge in [-0.15, -0.1) is 0 Å². The van der Waals surface area contributed by atoms with E-state index < -0.39 is 11.0 Å². The first-order chi connectivity index (χ1) is 6.91. The molecule has 0 radical (unpaired) electrons. The molecule has 15 heavy (non-hydrogen) atoms. The molecular formula is C11H18O4. The Balaban J connectivity index is 2.37. The number of esters is 1. The highest BCUT2D eigenvalue weighted by atomic mass is 16.5. The van der Waals surface area contributed by atoms with Gasteiger partial charge in [0.2, 0.25) is 0 Å². The molecule has 2 rings (SSSR count). The zero-order valence-electron chi connectivity index (χ0n) is 9.45. The van der Waals surface area contributed by atoms with Crippen LogP contribution in [-0.2, 0) is 14.3 Å². The van der Waals surface area contributed by atoms with Crippen molar-refractivity contribution in [1.82, 2.24) is 0 Å². The average Bonchev–Trinajstić information content (AvgIpc) is 2.74. The summed E-state index contributed by atoms with van der Waals surface area (Å²) in [5.74, 6) is -0.345. The first kappa shape index (κ1) is 10.9. The van der Waals surface area contributed by atoms with Crippen LogP contribution in [0.3, 0.4) is 0 Å². The molecule has 0 saturated carbocycles. The Kier molecular flexibility index (Phi) is 2.32. The highest BCUT2D eigenvalue weighted by Crippen LogP contribution is 2.54. The van der Waals surface area contributed by atoms with E-state index in [-0.39, 0.29) is 18.2 Å². The average molecular weight is 214 g/mol. The zero-order valence-corrected chi connectivity index (χ0v) is 9.45. The van der Waals surface area contributed by atoms with Crippen LogP contribution in [0.2, 0.25) is 0 Å². The van der Waals surface area contributed by atoms with Crippen molar-refractivity contribution in [3.05, 3.63) is 0 Å². The number of aliphatic hydroxyl groups is 1. The first-order valence-electron chi connectivity index (χ1n) is 5.38. The van der Waals surface area contributed by atoms with E-state index in [0.717, 1.165) is 12.8 Å². The minimum Gasteiger partial charge on any atom is -0.468 e. The van der Waals surface area contributed by atoms with Crippen LogP contribution in [-0.4, -0.2) is 36.0 Å². The fraction of sp³-hybridized carbons (Fsp3) is 0.909. The lowest BCUT2D eigenvalue weighted by molar-refractivity contribution is -0.176. The topological polar surface area (TPSA) is 55.8 Å². The third-order valence-electron chi connectivity index (χ3n) is 3.85. The molecule has 4 heteroatoms. The standard InChI is InChI=1S/C11H18O4/c1-10(2,13)11(9(12)14-3)6-7-4-5-8(11)15-7/h7-8,13H,4-6H2,1-3H3. The lowest BCUT2D eigenvalue weighted by atomic mass is 9.64. The van der Waals surface area contributed by atoms with Crippen LogP contribution < -0.4 is 0 Å². The molecule has 2 saturated heterocycles. The molecule has 0 spiro atoms. The summed E-state index contributed by atoms with van der Waals surface area (Å²) in [6.45, 7) is 3.32. The van der Waals surface area contributed by atoms with Gasteiger partial charge in [0.05, 0.1) is 24.9 Å². The summed E-state index contributed by atoms with van der Waals surface area (Å²) < 4.78 is 10.5. The lowest BCUT2D eigenvalue weighted by Crippen LogP contribution is -2.55. The minimum atomic E-state index is -1.10. The van der Waals surface area contributed by atoms with Gasteiger partial charge in [0, 0.05) is 0 Å². The highest BCUT2D eigenvalue weighted by Gasteiger charge is 2.64. The summed E-state index contributed by atoms with van der Waals surface area (Å²) in [5.41, 5.74) is -1.97. The summed E-state index contributed by atoms with van der Waals surface area (Å²) >= 11 is 0. The maximum Gasteiger partial charge on any atom is 0.317 e. The summed E-state index contributed by atoms with van der Waals surface area (Å²) in [5, 5.41) is 10.2. The van der Waals surface area contributed by atoms with Crippen LogP contribution in [0.4, 0.5) is 0 Å². The number of carbonyl (C=O) groups is 1. The summed E-state index contributed by atoms with van der Waals surface area (Å²) in [6.07, 6.45) is 2.33. The molecule has 3 unspecified atom stereocenters. The van der Waals surface area contributed by atoms with E-state index in [1.54, 1.807) is 13.8 Å². The van der Waals surface area contributed by atoms with E-state index in [1.165, 1.54) is 7.11 Å². The monoisotopic (exact) mass is 214 g/mol. The number of hydrogen-bond acceptors (Lipinski definition) is 4. The predicted molar refractivity (Wildman–Crippen MR) is 53.3 cm³/mol. The van der Waals surface area contributed by atoms with Crippen molar-refractivity contribution in [2.24, 2.45) is 5.41 Å². The van der Waals surface area contributed by atoms with Crippen molar-refractivity contribution in [2.45, 2.75) is 50.9 Å². The minimum absolute atomic E-state index is 0.112. The molecule has 0 aromatic heterocycles. The summed E-state index contributed by atoms with van der Waals surface area (Å²) in [7, 11) is 1.36. The zero-order chi connectivity index (χ0) is 11.3. The van der Waals surface area contributed by atoms with Gasteiger partial charge in [-0.25, -0.2) is 0 Å². The second-order valence-corrected chi connectivity index (χ2v) is 5.05. The number of carbonyl (C=O) groups excluding carboxylic acids is 1. The van der Waals surface area contributed by atoms with Crippen molar-refractivity contribution in [2.75, 3.05) is 7.11 Å². The third-order valence-corrected chi connectivity index (χ3v) is 3.85. The third kappa shape index (κ3) is 1.31. The van der Waals surface area contributed by atoms with Crippen LogP contribution in [0.25, 0.3) is 0 Å². The lowest BCUT2D eigenvalue weighted by Gasteiger charge is -2.41. The van der Waals surface area contributed by atoms with Gasteiger partial charge in [0.15, 0.2) is 0 Å². The molecule has 0 aromatic rings. The van der Waals surface area contributed by atoms with E-state index in [2.05, 4.69) is 0 Å². The van der Waals surface area contributed by atoms with Crippen molar-refractivity contribution in [3.8, 4) is 0 Å². The molecule has 2 heterocycles. The second-order valence-electron chi connectivity index (χ2n) is 5.05. The second kappa shape index (κ2) is 3.19. The molecule has 86 valence electrons. The van der Waals surface area contributed by atoms with Crippen molar-refractivity contribution < 1.29 is 19.4 Å². The van der Waals surface area contributed by atoms with E-state index in [0.29, 0.717) is 6.42 Å². The number of hydrogen-bond donors (Lipinski definition) is 1. The molecule has 2 bridgehead atoms. The van der Waals surface area contributed by atoms with Crippen LogP contribution in [0, 0.1) is 5.41 Å². The smallest absolute Gasteiger partial charge is 0.317 e. The Morgan fingerprint density at radius 2 is 2.20 bits per heavy atom. The Hall–Kier alpha value is -0.610. The summed E-state index contributed by atoms with van der Waals surface area (Å²) in [4.78, 5) is 11.9. The normalized spacial score (nSPS) is 39.5. The van der Waals surface area contributed by atoms with Gasteiger partial charge < -0.3 is 14.6 Å². The first-order valence-corrected chi connectivity index (χ1v) is 5.38. The molecule has 0 amide bonds. The quantitative estimate of drug-likeness (QED) is 0.693. The maximum absolute atomic E-state index is 11.9. The fourth-order valence-corrected chi connectivity index (χ4v) is 3.00. The molecule has 2 fully saturated rings. The number of rotatable bonds is 2. The van der Waals surface area contributed by atoms with Crippen molar-refractivity contribution in [1.29, 1.82) is 0 Å². The van der Waals surface area contributed by atoms with Crippen LogP contribution >= 0.6 is 0 Å². The largest absolute Gasteiger partial charge is 0.468 e. The van der Waals surface area contributed by atoms with Gasteiger partial charge in [0.1, 0.15) is 5.41 Å². The van der Waals surface area contributed by atoms with Crippen molar-refractivity contribution >= 4 is 5.97 Å². The van der Waals surface area contributed by atoms with Crippen LogP contribution in [0.15, 0.2) is 0 Å². The molecule has 0 aromatic carbocycles. The molecule has 2 aliphatic heterocycles. The Morgan fingerprint density at radius 1 is 1.53 bits per heavy atom. The van der Waals surface area contributed by atoms with E-state index in [9.17, 15) is 9.90 Å². The van der Waals surface area contributed by atoms with E-state index >= 15 is 0 Å². The molecule has 1 N–H and O–H groups in total. The van der Waals surface area contributed by atoms with Crippen LogP contribution in [0.5, 0.6) is 0 Å². The molecule has 2 aliphatic rings. The highest BCUT2D eigenvalue weighted by molar-refractivity contribution is 5.80. The van der Waals surface area contributed by atoms with Gasteiger partial charge in [-0.05, 0) is 33.1 Å². The number of ether oxygens (including phenoxy) is 2. The van der Waals surface area contributed by atoms with Gasteiger partial charge >= 0.3 is 5.97 Å². The van der Waals surface area contributed by atoms with E-state index in [1.807, 2.05) is 0 Å². The molecule has 0 aliphatic carbocycles. The molecule has 3 atom stereocenters. The molecular weight excluding hydrogens is 196 g/mol. The van der Waals surface area contributed by atoms with Gasteiger partial charge in [-0.1, -0.05) is 0 Å². The molecule has 4 nitrogen and oxygen atoms in total. The Bertz CT molecular complexity index is 281. The Morgan fingerprint density at radius 3 is 2.53 bits per heavy atom. The van der Waals surface area contributed by atoms with Crippen LogP contribution in [0.1, 0.15) is 33.1 Å².